The maximum absolute atomic E-state index is 11.4. The molecule has 0 radical (unpaired) electrons. The van der Waals surface area contributed by atoms with Crippen LogP contribution < -0.4 is 11.1 Å². The molecule has 7 heteroatoms. The number of amides is 1. The molecule has 0 spiro atoms. The van der Waals surface area contributed by atoms with Crippen LogP contribution in [0.1, 0.15) is 15.9 Å². The van der Waals surface area contributed by atoms with Crippen molar-refractivity contribution in [3.8, 4) is 17.0 Å². The lowest BCUT2D eigenvalue weighted by atomic mass is 10.1. The molecule has 2 aromatic heterocycles. The maximum Gasteiger partial charge on any atom is 0.252 e. The van der Waals surface area contributed by atoms with Gasteiger partial charge in [-0.05, 0) is 36.2 Å². The quantitative estimate of drug-likeness (QED) is 0.410. The number of nitrogens with two attached hydrogens (primary N) is 1. The number of nitrogens with one attached hydrogen (secondary N) is 2. The second kappa shape index (κ2) is 7.13. The second-order valence-electron chi connectivity index (χ2n) is 6.17. The smallest absolute Gasteiger partial charge is 0.252 e. The summed E-state index contributed by atoms with van der Waals surface area (Å²) in [4.78, 5) is 19.2. The monoisotopic (exact) mass is 378 g/mol. The Morgan fingerprint density at radius 1 is 1.26 bits per heavy atom. The molecular weight excluding hydrogens is 360 g/mol. The molecule has 27 heavy (non-hydrogen) atoms. The van der Waals surface area contributed by atoms with Gasteiger partial charge in [-0.2, -0.15) is 0 Å². The molecule has 2 heterocycles. The Kier molecular flexibility index (Phi) is 4.52. The van der Waals surface area contributed by atoms with Crippen molar-refractivity contribution >= 4 is 33.3 Å². The first-order chi connectivity index (χ1) is 13.1. The van der Waals surface area contributed by atoms with Gasteiger partial charge in [0.2, 0.25) is 0 Å². The van der Waals surface area contributed by atoms with Gasteiger partial charge in [0.05, 0.1) is 11.3 Å². The lowest BCUT2D eigenvalue weighted by Crippen LogP contribution is -2.11. The number of benzene rings is 2. The van der Waals surface area contributed by atoms with E-state index in [0.717, 1.165) is 34.9 Å². The highest BCUT2D eigenvalue weighted by molar-refractivity contribution is 7.14. The molecule has 136 valence electrons. The topological polar surface area (TPSA) is 104 Å². The molecule has 0 unspecified atom stereocenters. The maximum atomic E-state index is 11.4. The number of carbonyl (C=O) groups is 1. The number of aromatic nitrogens is 2. The molecule has 4 rings (SSSR count). The summed E-state index contributed by atoms with van der Waals surface area (Å²) in [7, 11) is 0. The van der Waals surface area contributed by atoms with Crippen LogP contribution in [-0.4, -0.2) is 27.5 Å². The fraction of sp³-hybridized carbons (Fsp3) is 0.100. The third kappa shape index (κ3) is 3.50. The standard InChI is InChI=1S/C20H18N4O2S/c21-19(26)15-9-12(5-6-18(15)25)17-11-27-20(24-17)22-8-7-13-10-23-16-4-2-1-3-14(13)16/h1-6,9-11,23,25H,7-8H2,(H2,21,26)(H,22,24). The number of aromatic amines is 1. The number of hydrogen-bond donors (Lipinski definition) is 4. The fourth-order valence-electron chi connectivity index (χ4n) is 3.02. The second-order valence-corrected chi connectivity index (χ2v) is 7.03. The third-order valence-corrected chi connectivity index (χ3v) is 5.21. The molecular formula is C20H18N4O2S. The lowest BCUT2D eigenvalue weighted by molar-refractivity contribution is 0.0998. The molecule has 0 fully saturated rings. The first kappa shape index (κ1) is 17.1. The molecule has 0 aliphatic heterocycles. The van der Waals surface area contributed by atoms with Gasteiger partial charge in [0.15, 0.2) is 5.13 Å². The summed E-state index contributed by atoms with van der Waals surface area (Å²) in [6, 6.07) is 13.0. The minimum absolute atomic E-state index is 0.0920. The number of nitrogens with zero attached hydrogens (tertiary/aromatic N) is 1. The normalized spacial score (nSPS) is 11.0. The number of anilines is 1. The molecule has 1 amide bonds. The Morgan fingerprint density at radius 2 is 2.11 bits per heavy atom. The van der Waals surface area contributed by atoms with Crippen molar-refractivity contribution in [3.63, 3.8) is 0 Å². The number of phenols is 1. The number of primary amides is 1. The van der Waals surface area contributed by atoms with E-state index in [2.05, 4.69) is 27.4 Å². The molecule has 0 aliphatic carbocycles. The summed E-state index contributed by atoms with van der Waals surface area (Å²) in [5.74, 6) is -0.791. The van der Waals surface area contributed by atoms with Gasteiger partial charge in [0.25, 0.3) is 5.91 Å². The Bertz CT molecular complexity index is 1120. The van der Waals surface area contributed by atoms with Crippen molar-refractivity contribution in [3.05, 3.63) is 65.2 Å². The summed E-state index contributed by atoms with van der Waals surface area (Å²) in [5.41, 5.74) is 9.25. The molecule has 0 atom stereocenters. The number of H-pyrrole nitrogens is 1. The number of rotatable bonds is 6. The number of aromatic hydroxyl groups is 1. The van der Waals surface area contributed by atoms with E-state index < -0.39 is 5.91 Å². The predicted molar refractivity (Wildman–Crippen MR) is 108 cm³/mol. The summed E-state index contributed by atoms with van der Waals surface area (Å²) in [6.45, 7) is 0.761. The van der Waals surface area contributed by atoms with Crippen LogP contribution in [0.15, 0.2) is 54.0 Å². The molecule has 0 aliphatic rings. The van der Waals surface area contributed by atoms with E-state index >= 15 is 0 Å². The third-order valence-electron chi connectivity index (χ3n) is 4.41. The molecule has 4 aromatic rings. The van der Waals surface area contributed by atoms with Crippen LogP contribution in [0, 0.1) is 0 Å². The molecule has 0 saturated carbocycles. The van der Waals surface area contributed by atoms with Crippen LogP contribution in [0.5, 0.6) is 5.75 Å². The number of carbonyl (C=O) groups excluding carboxylic acids is 1. The fourth-order valence-corrected chi connectivity index (χ4v) is 3.77. The highest BCUT2D eigenvalue weighted by atomic mass is 32.1. The Hall–Kier alpha value is -3.32. The van der Waals surface area contributed by atoms with Gasteiger partial charge >= 0.3 is 0 Å². The van der Waals surface area contributed by atoms with E-state index in [4.69, 9.17) is 5.73 Å². The summed E-state index contributed by atoms with van der Waals surface area (Å²) < 4.78 is 0. The first-order valence-electron chi connectivity index (χ1n) is 8.49. The van der Waals surface area contributed by atoms with Crippen molar-refractivity contribution in [2.75, 3.05) is 11.9 Å². The summed E-state index contributed by atoms with van der Waals surface area (Å²) in [5, 5.41) is 17.0. The molecule has 0 bridgehead atoms. The Labute approximate surface area is 159 Å². The van der Waals surface area contributed by atoms with Crippen molar-refractivity contribution < 1.29 is 9.90 Å². The van der Waals surface area contributed by atoms with E-state index in [0.29, 0.717) is 0 Å². The number of fused-ring (bicyclic) bond motifs is 1. The van der Waals surface area contributed by atoms with Crippen molar-refractivity contribution in [1.82, 2.24) is 9.97 Å². The number of thiazole rings is 1. The zero-order chi connectivity index (χ0) is 18.8. The first-order valence-corrected chi connectivity index (χ1v) is 9.37. The van der Waals surface area contributed by atoms with Crippen LogP contribution in [0.4, 0.5) is 5.13 Å². The van der Waals surface area contributed by atoms with Crippen LogP contribution >= 0.6 is 11.3 Å². The van der Waals surface area contributed by atoms with Gasteiger partial charge < -0.3 is 21.1 Å². The minimum Gasteiger partial charge on any atom is -0.507 e. The van der Waals surface area contributed by atoms with Crippen LogP contribution in [0.3, 0.4) is 0 Å². The van der Waals surface area contributed by atoms with Gasteiger partial charge in [0, 0.05) is 34.6 Å². The van der Waals surface area contributed by atoms with E-state index in [1.54, 1.807) is 12.1 Å². The van der Waals surface area contributed by atoms with Gasteiger partial charge in [-0.25, -0.2) is 4.98 Å². The van der Waals surface area contributed by atoms with Gasteiger partial charge in [-0.15, -0.1) is 11.3 Å². The zero-order valence-electron chi connectivity index (χ0n) is 14.4. The van der Waals surface area contributed by atoms with Gasteiger partial charge in [-0.3, -0.25) is 4.79 Å². The molecule has 0 saturated heterocycles. The van der Waals surface area contributed by atoms with Crippen LogP contribution in [0.25, 0.3) is 22.2 Å². The summed E-state index contributed by atoms with van der Waals surface area (Å²) >= 11 is 1.49. The van der Waals surface area contributed by atoms with Gasteiger partial charge in [-0.1, -0.05) is 18.2 Å². The van der Waals surface area contributed by atoms with E-state index in [1.807, 2.05) is 23.7 Å². The average Bonchev–Trinajstić information content (AvgIpc) is 3.30. The molecule has 2 aromatic carbocycles. The molecule has 5 N–H and O–H groups in total. The highest BCUT2D eigenvalue weighted by Gasteiger charge is 2.11. The Morgan fingerprint density at radius 3 is 2.96 bits per heavy atom. The van der Waals surface area contributed by atoms with Crippen LogP contribution in [-0.2, 0) is 6.42 Å². The van der Waals surface area contributed by atoms with Crippen molar-refractivity contribution in [2.45, 2.75) is 6.42 Å². The highest BCUT2D eigenvalue weighted by Crippen LogP contribution is 2.28. The molecule has 6 nitrogen and oxygen atoms in total. The average molecular weight is 378 g/mol. The lowest BCUT2D eigenvalue weighted by Gasteiger charge is -2.04. The van der Waals surface area contributed by atoms with E-state index in [1.165, 1.54) is 28.4 Å². The largest absolute Gasteiger partial charge is 0.507 e. The van der Waals surface area contributed by atoms with Gasteiger partial charge in [0.1, 0.15) is 5.75 Å². The number of hydrogen-bond acceptors (Lipinski definition) is 5. The number of para-hydroxylation sites is 1. The van der Waals surface area contributed by atoms with Crippen molar-refractivity contribution in [2.24, 2.45) is 5.73 Å². The zero-order valence-corrected chi connectivity index (χ0v) is 15.2. The van der Waals surface area contributed by atoms with E-state index in [-0.39, 0.29) is 11.3 Å². The minimum atomic E-state index is -0.665. The Balaban J connectivity index is 1.44. The SMILES string of the molecule is NC(=O)c1cc(-c2csc(NCCc3c[nH]c4ccccc34)n2)ccc1O. The van der Waals surface area contributed by atoms with Crippen LogP contribution in [0.2, 0.25) is 0 Å². The summed E-state index contributed by atoms with van der Waals surface area (Å²) in [6.07, 6.45) is 2.92. The predicted octanol–water partition coefficient (Wildman–Crippen LogP) is 3.75. The van der Waals surface area contributed by atoms with Crippen molar-refractivity contribution in [1.29, 1.82) is 0 Å². The van der Waals surface area contributed by atoms with E-state index in [9.17, 15) is 9.90 Å².